The van der Waals surface area contributed by atoms with Gasteiger partial charge >= 0.3 is 39.5 Å². The van der Waals surface area contributed by atoms with Crippen LogP contribution in [0.5, 0.6) is 0 Å². The minimum absolute atomic E-state index is 0.106. The van der Waals surface area contributed by atoms with Gasteiger partial charge in [-0.3, -0.25) is 37.3 Å². The van der Waals surface area contributed by atoms with Gasteiger partial charge in [0.2, 0.25) is 0 Å². The third-order valence-corrected chi connectivity index (χ3v) is 19.8. The van der Waals surface area contributed by atoms with Crippen molar-refractivity contribution in [3.8, 4) is 0 Å². The molecule has 0 bridgehead atoms. The summed E-state index contributed by atoms with van der Waals surface area (Å²) in [6.45, 7) is 11.9. The van der Waals surface area contributed by atoms with Crippen molar-refractivity contribution in [2.75, 3.05) is 39.6 Å². The number of carbonyl (C=O) groups excluding carboxylic acids is 4. The fraction of sp³-hybridized carbons (Fsp3) is 0.948. The summed E-state index contributed by atoms with van der Waals surface area (Å²) in [6.07, 6.45) is 54.0. The number of hydrogen-bond donors (Lipinski definition) is 3. The van der Waals surface area contributed by atoms with E-state index < -0.39 is 97.5 Å². The summed E-state index contributed by atoms with van der Waals surface area (Å²) in [5.74, 6) is 0.167. The van der Waals surface area contributed by atoms with Crippen LogP contribution in [0.3, 0.4) is 0 Å². The molecule has 0 amide bonds. The quantitative estimate of drug-likeness (QED) is 0.0222. The predicted octanol–water partition coefficient (Wildman–Crippen LogP) is 22.6. The molecule has 0 rings (SSSR count). The van der Waals surface area contributed by atoms with Gasteiger partial charge < -0.3 is 33.8 Å². The van der Waals surface area contributed by atoms with Crippen LogP contribution in [0.1, 0.15) is 395 Å². The average molecular weight is 1410 g/mol. The number of esters is 4. The van der Waals surface area contributed by atoms with Crippen LogP contribution >= 0.6 is 15.6 Å². The Balaban J connectivity index is 5.27. The van der Waals surface area contributed by atoms with Gasteiger partial charge in [0.05, 0.1) is 26.4 Å². The summed E-state index contributed by atoms with van der Waals surface area (Å²) in [6, 6.07) is 0. The molecule has 0 aliphatic rings. The molecule has 2 unspecified atom stereocenters. The van der Waals surface area contributed by atoms with Crippen molar-refractivity contribution >= 4 is 39.5 Å². The number of aliphatic hydroxyl groups is 1. The molecule has 0 aliphatic heterocycles. The molecule has 0 spiro atoms. The molecule has 570 valence electrons. The summed E-state index contributed by atoms with van der Waals surface area (Å²) in [5, 5.41) is 10.6. The Morgan fingerprint density at radius 1 is 0.281 bits per heavy atom. The first-order valence-corrected chi connectivity index (χ1v) is 42.8. The van der Waals surface area contributed by atoms with E-state index in [1.165, 1.54) is 205 Å². The molecule has 96 heavy (non-hydrogen) atoms. The Morgan fingerprint density at radius 3 is 0.708 bits per heavy atom. The number of aliphatic hydroxyl groups excluding tert-OH is 1. The average Bonchev–Trinajstić information content (AvgIpc) is 1.31. The van der Waals surface area contributed by atoms with Gasteiger partial charge in [0.25, 0.3) is 0 Å². The highest BCUT2D eigenvalue weighted by atomic mass is 31.2. The fourth-order valence-electron chi connectivity index (χ4n) is 11.8. The van der Waals surface area contributed by atoms with Crippen LogP contribution in [0.15, 0.2) is 0 Å². The number of phosphoric ester groups is 2. The van der Waals surface area contributed by atoms with E-state index in [4.69, 9.17) is 37.0 Å². The van der Waals surface area contributed by atoms with Gasteiger partial charge in [-0.25, -0.2) is 9.13 Å². The van der Waals surface area contributed by atoms with Crippen molar-refractivity contribution in [1.29, 1.82) is 0 Å². The van der Waals surface area contributed by atoms with E-state index in [-0.39, 0.29) is 25.7 Å². The second kappa shape index (κ2) is 67.5. The van der Waals surface area contributed by atoms with Gasteiger partial charge in [0.15, 0.2) is 12.2 Å². The maximum absolute atomic E-state index is 13.1. The first-order chi connectivity index (χ1) is 46.2. The Bertz CT molecular complexity index is 1870. The van der Waals surface area contributed by atoms with Crippen molar-refractivity contribution in [3.63, 3.8) is 0 Å². The second-order valence-corrected chi connectivity index (χ2v) is 32.1. The number of hydrogen-bond acceptors (Lipinski definition) is 15. The second-order valence-electron chi connectivity index (χ2n) is 29.2. The van der Waals surface area contributed by atoms with Crippen molar-refractivity contribution in [3.05, 3.63) is 0 Å². The molecule has 0 radical (unpaired) electrons. The lowest BCUT2D eigenvalue weighted by Gasteiger charge is -2.21. The highest BCUT2D eigenvalue weighted by Crippen LogP contribution is 2.45. The van der Waals surface area contributed by atoms with Crippen molar-refractivity contribution in [2.45, 2.75) is 414 Å². The van der Waals surface area contributed by atoms with E-state index in [2.05, 4.69) is 48.5 Å². The topological polar surface area (TPSA) is 237 Å². The lowest BCUT2D eigenvalue weighted by Crippen LogP contribution is -2.30. The predicted molar refractivity (Wildman–Crippen MR) is 391 cm³/mol. The van der Waals surface area contributed by atoms with E-state index in [1.807, 2.05) is 0 Å². The summed E-state index contributed by atoms with van der Waals surface area (Å²) >= 11 is 0. The van der Waals surface area contributed by atoms with Gasteiger partial charge in [-0.05, 0) is 43.4 Å². The van der Waals surface area contributed by atoms with E-state index in [0.29, 0.717) is 25.7 Å². The molecule has 17 nitrogen and oxygen atoms in total. The zero-order chi connectivity index (χ0) is 70.9. The summed E-state index contributed by atoms with van der Waals surface area (Å²) in [4.78, 5) is 72.9. The third-order valence-electron chi connectivity index (χ3n) is 17.9. The fourth-order valence-corrected chi connectivity index (χ4v) is 13.4. The zero-order valence-corrected chi connectivity index (χ0v) is 64.6. The SMILES string of the molecule is CCCCCCCCCCCCCCCCCCC(=O)O[C@H](COC(=O)CCCCCCCCCCCCCC(C)C)COP(=O)(O)OC[C@@H](O)COP(=O)(O)OC[C@@H](COC(=O)CCCCCCCCCCCCC(C)C)OC(=O)CCCCCCCCCCCCC(C)C. The Hall–Kier alpha value is -1.94. The lowest BCUT2D eigenvalue weighted by molar-refractivity contribution is -0.161. The molecule has 0 aromatic carbocycles. The van der Waals surface area contributed by atoms with Crippen molar-refractivity contribution in [1.82, 2.24) is 0 Å². The van der Waals surface area contributed by atoms with Gasteiger partial charge in [-0.15, -0.1) is 0 Å². The maximum Gasteiger partial charge on any atom is 0.472 e. The summed E-state index contributed by atoms with van der Waals surface area (Å²) in [5.41, 5.74) is 0. The van der Waals surface area contributed by atoms with Crippen LogP contribution in [-0.4, -0.2) is 96.7 Å². The standard InChI is InChI=1S/C77H150O17P2/c1-8-9-10-11-12-13-14-15-16-17-18-21-32-39-46-53-60-76(81)93-72(64-87-74(79)58-51-44-37-30-22-19-20-27-34-41-48-55-68(2)3)66-91-95(83,84)89-62-71(78)63-90-96(85,86)92-67-73(94-77(82)61-54-47-40-33-26-24-29-36-43-50-57-70(6)7)65-88-75(80)59-52-45-38-31-25-23-28-35-42-49-56-69(4)5/h68-73,78H,8-67H2,1-7H3,(H,83,84)(H,85,86)/t71-,72-,73-/m1/s1. The monoisotopic (exact) mass is 1410 g/mol. The van der Waals surface area contributed by atoms with Gasteiger partial charge in [-0.2, -0.15) is 0 Å². The molecular weight excluding hydrogens is 1260 g/mol. The number of phosphoric acid groups is 2. The van der Waals surface area contributed by atoms with Gasteiger partial charge in [0, 0.05) is 25.7 Å². The molecule has 0 aromatic rings. The zero-order valence-electron chi connectivity index (χ0n) is 62.8. The van der Waals surface area contributed by atoms with Gasteiger partial charge in [-0.1, -0.05) is 344 Å². The first kappa shape index (κ1) is 94.1. The van der Waals surface area contributed by atoms with E-state index in [1.54, 1.807) is 0 Å². The molecule has 0 saturated carbocycles. The molecule has 0 saturated heterocycles. The first-order valence-electron chi connectivity index (χ1n) is 39.8. The van der Waals surface area contributed by atoms with Crippen molar-refractivity contribution in [2.24, 2.45) is 17.8 Å². The third kappa shape index (κ3) is 70.5. The van der Waals surface area contributed by atoms with Crippen LogP contribution in [0.25, 0.3) is 0 Å². The highest BCUT2D eigenvalue weighted by molar-refractivity contribution is 7.47. The Labute approximate surface area is 588 Å². The van der Waals surface area contributed by atoms with Crippen LogP contribution in [0.4, 0.5) is 0 Å². The molecule has 0 aromatic heterocycles. The maximum atomic E-state index is 13.1. The van der Waals surface area contributed by atoms with Gasteiger partial charge in [0.1, 0.15) is 19.3 Å². The molecular formula is C77H150O17P2. The van der Waals surface area contributed by atoms with Crippen LogP contribution in [-0.2, 0) is 65.4 Å². The van der Waals surface area contributed by atoms with Crippen molar-refractivity contribution < 1.29 is 80.2 Å². The number of carbonyl (C=O) groups is 4. The Morgan fingerprint density at radius 2 is 0.479 bits per heavy atom. The lowest BCUT2D eigenvalue weighted by atomic mass is 10.0. The minimum Gasteiger partial charge on any atom is -0.462 e. The normalized spacial score (nSPS) is 14.1. The molecule has 0 fully saturated rings. The number of ether oxygens (including phenoxy) is 4. The molecule has 0 heterocycles. The van der Waals surface area contributed by atoms with E-state index in [9.17, 15) is 43.2 Å². The highest BCUT2D eigenvalue weighted by Gasteiger charge is 2.30. The molecule has 3 N–H and O–H groups in total. The molecule has 5 atom stereocenters. The van der Waals surface area contributed by atoms with Crippen LogP contribution < -0.4 is 0 Å². The Kier molecular flexibility index (Phi) is 66.2. The minimum atomic E-state index is -4.96. The van der Waals surface area contributed by atoms with E-state index >= 15 is 0 Å². The summed E-state index contributed by atoms with van der Waals surface area (Å²) in [7, 11) is -9.92. The van der Waals surface area contributed by atoms with E-state index in [0.717, 1.165) is 108 Å². The summed E-state index contributed by atoms with van der Waals surface area (Å²) < 4.78 is 68.6. The smallest absolute Gasteiger partial charge is 0.462 e. The van der Waals surface area contributed by atoms with Crippen LogP contribution in [0, 0.1) is 17.8 Å². The largest absolute Gasteiger partial charge is 0.472 e. The number of unbranched alkanes of at least 4 members (excludes halogenated alkanes) is 43. The molecule has 19 heteroatoms. The molecule has 0 aliphatic carbocycles. The van der Waals surface area contributed by atoms with Crippen LogP contribution in [0.2, 0.25) is 0 Å². The number of rotatable bonds is 75.